The van der Waals surface area contributed by atoms with Crippen LogP contribution in [0.4, 0.5) is 0 Å². The van der Waals surface area contributed by atoms with Crippen LogP contribution in [0.5, 0.6) is 0 Å². The fraction of sp³-hybridized carbons (Fsp3) is 0.412. The number of aromatic nitrogens is 4. The molecule has 108 valence electrons. The Kier molecular flexibility index (Phi) is 2.84. The van der Waals surface area contributed by atoms with Gasteiger partial charge in [-0.3, -0.25) is 0 Å². The van der Waals surface area contributed by atoms with Gasteiger partial charge in [-0.15, -0.1) is 0 Å². The molecule has 0 bridgehead atoms. The molecule has 0 radical (unpaired) electrons. The maximum absolute atomic E-state index is 4.82. The minimum absolute atomic E-state index is 0.933. The van der Waals surface area contributed by atoms with E-state index in [1.165, 1.54) is 29.8 Å². The molecule has 3 heterocycles. The van der Waals surface area contributed by atoms with Crippen molar-refractivity contribution in [2.45, 2.75) is 46.1 Å². The lowest BCUT2D eigenvalue weighted by atomic mass is 10.1. The van der Waals surface area contributed by atoms with Crippen LogP contribution in [0.2, 0.25) is 0 Å². The summed E-state index contributed by atoms with van der Waals surface area (Å²) in [7, 11) is 0. The first-order valence-corrected chi connectivity index (χ1v) is 7.80. The first-order valence-electron chi connectivity index (χ1n) is 7.80. The van der Waals surface area contributed by atoms with Crippen LogP contribution in [-0.2, 0) is 19.4 Å². The van der Waals surface area contributed by atoms with Crippen molar-refractivity contribution in [3.05, 3.63) is 35.5 Å². The van der Waals surface area contributed by atoms with Gasteiger partial charge in [0, 0.05) is 31.1 Å². The van der Waals surface area contributed by atoms with Crippen molar-refractivity contribution in [3.63, 3.8) is 0 Å². The van der Waals surface area contributed by atoms with E-state index in [1.807, 2.05) is 0 Å². The summed E-state index contributed by atoms with van der Waals surface area (Å²) in [4.78, 5) is 12.9. The number of imidazole rings is 2. The quantitative estimate of drug-likeness (QED) is 0.779. The largest absolute Gasteiger partial charge is 0.342 e. The number of hydrogen-bond donors (Lipinski definition) is 1. The topological polar surface area (TPSA) is 46.5 Å². The van der Waals surface area contributed by atoms with Gasteiger partial charge in [0.1, 0.15) is 11.6 Å². The Balaban J connectivity index is 1.84. The Morgan fingerprint density at radius 2 is 2.14 bits per heavy atom. The monoisotopic (exact) mass is 280 g/mol. The Bertz CT molecular complexity index is 786. The smallest absolute Gasteiger partial charge is 0.109 e. The summed E-state index contributed by atoms with van der Waals surface area (Å²) >= 11 is 0. The van der Waals surface area contributed by atoms with Crippen molar-refractivity contribution in [3.8, 4) is 11.3 Å². The minimum atomic E-state index is 0.933. The molecule has 0 saturated heterocycles. The van der Waals surface area contributed by atoms with Crippen molar-refractivity contribution >= 4 is 11.0 Å². The van der Waals surface area contributed by atoms with Gasteiger partial charge in [-0.25, -0.2) is 9.97 Å². The van der Waals surface area contributed by atoms with Gasteiger partial charge >= 0.3 is 0 Å². The number of nitrogens with zero attached hydrogens (tertiary/aromatic N) is 3. The lowest BCUT2D eigenvalue weighted by molar-refractivity contribution is 0.522. The summed E-state index contributed by atoms with van der Waals surface area (Å²) in [6.45, 7) is 5.35. The van der Waals surface area contributed by atoms with Crippen molar-refractivity contribution in [1.82, 2.24) is 19.5 Å². The number of H-pyrrole nitrogens is 1. The van der Waals surface area contributed by atoms with Gasteiger partial charge < -0.3 is 9.55 Å². The van der Waals surface area contributed by atoms with Gasteiger partial charge in [0.2, 0.25) is 0 Å². The second-order valence-electron chi connectivity index (χ2n) is 5.92. The minimum Gasteiger partial charge on any atom is -0.342 e. The molecule has 1 aliphatic rings. The zero-order chi connectivity index (χ0) is 14.4. The number of aryl methyl sites for hydroxylation is 4. The third-order valence-electron chi connectivity index (χ3n) is 4.37. The van der Waals surface area contributed by atoms with E-state index >= 15 is 0 Å². The van der Waals surface area contributed by atoms with Crippen molar-refractivity contribution in [2.24, 2.45) is 0 Å². The highest BCUT2D eigenvalue weighted by molar-refractivity contribution is 5.84. The zero-order valence-electron chi connectivity index (χ0n) is 12.6. The molecule has 0 saturated carbocycles. The molecule has 0 aliphatic carbocycles. The molecule has 1 N–H and O–H groups in total. The van der Waals surface area contributed by atoms with Crippen LogP contribution in [-0.4, -0.2) is 19.5 Å². The predicted molar refractivity (Wildman–Crippen MR) is 84.4 cm³/mol. The molecule has 0 unspecified atom stereocenters. The van der Waals surface area contributed by atoms with E-state index in [4.69, 9.17) is 4.98 Å². The van der Waals surface area contributed by atoms with E-state index in [0.29, 0.717) is 0 Å². The lowest BCUT2D eigenvalue weighted by Crippen LogP contribution is -2.08. The molecule has 0 fully saturated rings. The summed E-state index contributed by atoms with van der Waals surface area (Å²) < 4.78 is 2.31. The molecule has 4 heteroatoms. The summed E-state index contributed by atoms with van der Waals surface area (Å²) in [6.07, 6.45) is 6.76. The third kappa shape index (κ3) is 2.06. The molecular weight excluding hydrogens is 260 g/mol. The van der Waals surface area contributed by atoms with E-state index in [9.17, 15) is 0 Å². The molecular formula is C17H20N4. The summed E-state index contributed by atoms with van der Waals surface area (Å²) in [6, 6.07) is 4.39. The molecule has 2 aromatic heterocycles. The number of nitrogens with one attached hydrogen (secondary N) is 1. The van der Waals surface area contributed by atoms with Gasteiger partial charge in [-0.2, -0.15) is 0 Å². The third-order valence-corrected chi connectivity index (χ3v) is 4.37. The number of fused-ring (bicyclic) bond motifs is 2. The standard InChI is InChI=1S/C17H20N4/c1-3-15-18-13-9-12(8-11(2)17(13)20-15)14-10-21-7-5-4-6-16(21)19-14/h8-10H,3-7H2,1-2H3,(H,18,20). The normalized spacial score (nSPS) is 14.6. The Morgan fingerprint density at radius 1 is 1.24 bits per heavy atom. The molecule has 0 amide bonds. The van der Waals surface area contributed by atoms with E-state index in [2.05, 4.69) is 46.7 Å². The SMILES string of the molecule is CCc1nc2c(C)cc(-c3cn4c(n3)CCCC4)cc2[nH]1. The summed E-state index contributed by atoms with van der Waals surface area (Å²) in [5.74, 6) is 2.28. The molecule has 0 atom stereocenters. The van der Waals surface area contributed by atoms with Gasteiger partial charge in [-0.1, -0.05) is 6.92 Å². The highest BCUT2D eigenvalue weighted by atomic mass is 15.1. The predicted octanol–water partition coefficient (Wildman–Crippen LogP) is 3.63. The van der Waals surface area contributed by atoms with Gasteiger partial charge in [0.15, 0.2) is 0 Å². The van der Waals surface area contributed by atoms with Crippen molar-refractivity contribution in [2.75, 3.05) is 0 Å². The molecule has 1 aliphatic heterocycles. The van der Waals surface area contributed by atoms with Gasteiger partial charge in [0.25, 0.3) is 0 Å². The van der Waals surface area contributed by atoms with Gasteiger partial charge in [-0.05, 0) is 37.5 Å². The Labute approximate surface area is 124 Å². The van der Waals surface area contributed by atoms with E-state index < -0.39 is 0 Å². The molecule has 0 spiro atoms. The first kappa shape index (κ1) is 12.6. The fourth-order valence-electron chi connectivity index (χ4n) is 3.21. The second kappa shape index (κ2) is 4.72. The molecule has 1 aromatic carbocycles. The van der Waals surface area contributed by atoms with E-state index in [1.54, 1.807) is 0 Å². The number of hydrogen-bond acceptors (Lipinski definition) is 2. The first-order chi connectivity index (χ1) is 10.2. The second-order valence-corrected chi connectivity index (χ2v) is 5.92. The van der Waals surface area contributed by atoms with Crippen LogP contribution in [0, 0.1) is 6.92 Å². The van der Waals surface area contributed by atoms with E-state index in [-0.39, 0.29) is 0 Å². The van der Waals surface area contributed by atoms with Crippen molar-refractivity contribution < 1.29 is 0 Å². The molecule has 3 aromatic rings. The fourth-order valence-corrected chi connectivity index (χ4v) is 3.21. The highest BCUT2D eigenvalue weighted by Gasteiger charge is 2.15. The average molecular weight is 280 g/mol. The van der Waals surface area contributed by atoms with Crippen LogP contribution < -0.4 is 0 Å². The maximum Gasteiger partial charge on any atom is 0.109 e. The van der Waals surface area contributed by atoms with Crippen LogP contribution >= 0.6 is 0 Å². The van der Waals surface area contributed by atoms with Crippen LogP contribution in [0.25, 0.3) is 22.3 Å². The number of benzene rings is 1. The van der Waals surface area contributed by atoms with Crippen LogP contribution in [0.15, 0.2) is 18.3 Å². The van der Waals surface area contributed by atoms with Crippen LogP contribution in [0.3, 0.4) is 0 Å². The Morgan fingerprint density at radius 3 is 2.95 bits per heavy atom. The van der Waals surface area contributed by atoms with Gasteiger partial charge in [0.05, 0.1) is 16.7 Å². The average Bonchev–Trinajstić information content (AvgIpc) is 3.10. The van der Waals surface area contributed by atoms with E-state index in [0.717, 1.165) is 41.9 Å². The zero-order valence-corrected chi connectivity index (χ0v) is 12.6. The number of aromatic amines is 1. The summed E-state index contributed by atoms with van der Waals surface area (Å²) in [5, 5.41) is 0. The summed E-state index contributed by atoms with van der Waals surface area (Å²) in [5.41, 5.74) is 5.69. The molecule has 4 nitrogen and oxygen atoms in total. The lowest BCUT2D eigenvalue weighted by Gasteiger charge is -2.11. The van der Waals surface area contributed by atoms with Crippen LogP contribution in [0.1, 0.15) is 37.0 Å². The Hall–Kier alpha value is -2.10. The number of rotatable bonds is 2. The highest BCUT2D eigenvalue weighted by Crippen LogP contribution is 2.27. The molecule has 4 rings (SSSR count). The maximum atomic E-state index is 4.82. The molecule has 21 heavy (non-hydrogen) atoms. The van der Waals surface area contributed by atoms with Crippen molar-refractivity contribution in [1.29, 1.82) is 0 Å².